The molecule has 8 heteroatoms. The van der Waals surface area contributed by atoms with E-state index in [1.807, 2.05) is 6.92 Å². The highest BCUT2D eigenvalue weighted by Gasteiger charge is 2.25. The molecule has 0 aromatic heterocycles. The van der Waals surface area contributed by atoms with E-state index < -0.39 is 22.9 Å². The fourth-order valence-corrected chi connectivity index (χ4v) is 2.17. The van der Waals surface area contributed by atoms with Gasteiger partial charge in [-0.2, -0.15) is 0 Å². The van der Waals surface area contributed by atoms with E-state index >= 15 is 0 Å². The van der Waals surface area contributed by atoms with Gasteiger partial charge in [-0.05, 0) is 32.0 Å². The van der Waals surface area contributed by atoms with Crippen LogP contribution >= 0.6 is 0 Å². The molecule has 0 heterocycles. The van der Waals surface area contributed by atoms with Crippen molar-refractivity contribution in [2.45, 2.75) is 20.0 Å². The molecule has 0 saturated heterocycles. The Hall–Kier alpha value is -3.42. The van der Waals surface area contributed by atoms with Crippen LogP contribution in [0, 0.1) is 10.1 Å². The maximum absolute atomic E-state index is 12.3. The summed E-state index contributed by atoms with van der Waals surface area (Å²) in [6, 6.07) is 12.2. The molecule has 0 fully saturated rings. The lowest BCUT2D eigenvalue weighted by atomic mass is 10.2. The molecule has 1 amide bonds. The van der Waals surface area contributed by atoms with Gasteiger partial charge in [0, 0.05) is 6.07 Å². The molecule has 1 N–H and O–H groups in total. The van der Waals surface area contributed by atoms with Gasteiger partial charge in [0.25, 0.3) is 11.6 Å². The Morgan fingerprint density at radius 3 is 2.50 bits per heavy atom. The van der Waals surface area contributed by atoms with Gasteiger partial charge in [0.2, 0.25) is 0 Å². The van der Waals surface area contributed by atoms with Crippen LogP contribution in [0.4, 0.5) is 11.4 Å². The van der Waals surface area contributed by atoms with Gasteiger partial charge in [-0.25, -0.2) is 4.79 Å². The van der Waals surface area contributed by atoms with Crippen molar-refractivity contribution >= 4 is 23.3 Å². The minimum absolute atomic E-state index is 0.216. The van der Waals surface area contributed by atoms with Crippen molar-refractivity contribution in [1.29, 1.82) is 0 Å². The van der Waals surface area contributed by atoms with Crippen molar-refractivity contribution in [1.82, 2.24) is 0 Å². The molecule has 0 bridgehead atoms. The fraction of sp³-hybridized carbons (Fsp3) is 0.222. The van der Waals surface area contributed by atoms with Crippen molar-refractivity contribution in [2.24, 2.45) is 0 Å². The molecule has 2 aromatic rings. The number of nitrogens with zero attached hydrogens (tertiary/aromatic N) is 1. The molecule has 1 atom stereocenters. The zero-order valence-electron chi connectivity index (χ0n) is 14.3. The summed E-state index contributed by atoms with van der Waals surface area (Å²) >= 11 is 0. The third kappa shape index (κ3) is 4.56. The summed E-state index contributed by atoms with van der Waals surface area (Å²) in [7, 11) is 0. The quantitative estimate of drug-likeness (QED) is 0.463. The SMILES string of the molecule is CCOc1ccccc1NC(=O)[C@H](C)OC(=O)c1ccccc1[N+](=O)[O-]. The number of nitro benzene ring substituents is 1. The summed E-state index contributed by atoms with van der Waals surface area (Å²) in [5.41, 5.74) is -0.161. The molecule has 0 aliphatic heterocycles. The number of nitrogens with one attached hydrogen (secondary N) is 1. The lowest BCUT2D eigenvalue weighted by Gasteiger charge is -2.15. The number of carbonyl (C=O) groups excluding carboxylic acids is 2. The van der Waals surface area contributed by atoms with Gasteiger partial charge in [0.15, 0.2) is 6.10 Å². The fourth-order valence-electron chi connectivity index (χ4n) is 2.17. The Morgan fingerprint density at radius 2 is 1.81 bits per heavy atom. The second-order valence-electron chi connectivity index (χ2n) is 5.24. The number of nitro groups is 1. The Labute approximate surface area is 149 Å². The molecule has 0 aliphatic rings. The van der Waals surface area contributed by atoms with Gasteiger partial charge in [0.05, 0.1) is 17.2 Å². The molecule has 0 unspecified atom stereocenters. The maximum Gasteiger partial charge on any atom is 0.345 e. The van der Waals surface area contributed by atoms with E-state index in [4.69, 9.17) is 9.47 Å². The number of benzene rings is 2. The number of hydrogen-bond acceptors (Lipinski definition) is 6. The first-order valence-electron chi connectivity index (χ1n) is 7.91. The van der Waals surface area contributed by atoms with Crippen LogP contribution in [0.15, 0.2) is 48.5 Å². The number of esters is 1. The Balaban J connectivity index is 2.08. The van der Waals surface area contributed by atoms with Crippen molar-refractivity contribution in [3.05, 3.63) is 64.2 Å². The predicted octanol–water partition coefficient (Wildman–Crippen LogP) is 3.18. The monoisotopic (exact) mass is 358 g/mol. The average Bonchev–Trinajstić information content (AvgIpc) is 2.63. The number of anilines is 1. The van der Waals surface area contributed by atoms with Gasteiger partial charge in [-0.1, -0.05) is 24.3 Å². The molecular weight excluding hydrogens is 340 g/mol. The zero-order valence-corrected chi connectivity index (χ0v) is 14.3. The van der Waals surface area contributed by atoms with Crippen LogP contribution in [0.1, 0.15) is 24.2 Å². The van der Waals surface area contributed by atoms with E-state index in [0.717, 1.165) is 0 Å². The van der Waals surface area contributed by atoms with Gasteiger partial charge in [-0.15, -0.1) is 0 Å². The van der Waals surface area contributed by atoms with Crippen LogP contribution in [0.2, 0.25) is 0 Å². The lowest BCUT2D eigenvalue weighted by Crippen LogP contribution is -2.30. The van der Waals surface area contributed by atoms with E-state index in [0.29, 0.717) is 18.0 Å². The molecule has 0 aliphatic carbocycles. The van der Waals surface area contributed by atoms with Gasteiger partial charge in [-0.3, -0.25) is 14.9 Å². The van der Waals surface area contributed by atoms with E-state index in [-0.39, 0.29) is 11.3 Å². The van der Waals surface area contributed by atoms with E-state index in [1.54, 1.807) is 24.3 Å². The van der Waals surface area contributed by atoms with Crippen LogP contribution in [0.25, 0.3) is 0 Å². The Kier molecular flexibility index (Phi) is 6.26. The third-order valence-electron chi connectivity index (χ3n) is 3.42. The lowest BCUT2D eigenvalue weighted by molar-refractivity contribution is -0.385. The normalized spacial score (nSPS) is 11.3. The molecule has 0 radical (unpaired) electrons. The first kappa shape index (κ1) is 18.9. The molecule has 0 spiro atoms. The minimum atomic E-state index is -1.16. The summed E-state index contributed by atoms with van der Waals surface area (Å²) in [6.07, 6.45) is -1.16. The highest BCUT2D eigenvalue weighted by molar-refractivity contribution is 5.99. The van der Waals surface area contributed by atoms with E-state index in [2.05, 4.69) is 5.32 Å². The molecule has 26 heavy (non-hydrogen) atoms. The van der Waals surface area contributed by atoms with Crippen LogP contribution in [-0.2, 0) is 9.53 Å². The molecular formula is C18H18N2O6. The van der Waals surface area contributed by atoms with Crippen LogP contribution in [0.5, 0.6) is 5.75 Å². The number of hydrogen-bond donors (Lipinski definition) is 1. The Morgan fingerprint density at radius 1 is 1.15 bits per heavy atom. The highest BCUT2D eigenvalue weighted by atomic mass is 16.6. The standard InChI is InChI=1S/C18H18N2O6/c1-3-25-16-11-7-5-9-14(16)19-17(21)12(2)26-18(22)13-8-4-6-10-15(13)20(23)24/h4-12H,3H2,1-2H3,(H,19,21)/t12-/m0/s1. The number of rotatable bonds is 7. The summed E-state index contributed by atoms with van der Waals surface area (Å²) < 4.78 is 10.5. The number of carbonyl (C=O) groups is 2. The van der Waals surface area contributed by atoms with Crippen molar-refractivity contribution in [3.63, 3.8) is 0 Å². The summed E-state index contributed by atoms with van der Waals surface area (Å²) in [4.78, 5) is 34.8. The largest absolute Gasteiger partial charge is 0.492 e. The average molecular weight is 358 g/mol. The summed E-state index contributed by atoms with van der Waals surface area (Å²) in [6.45, 7) is 3.62. The van der Waals surface area contributed by atoms with Gasteiger partial charge in [0.1, 0.15) is 11.3 Å². The topological polar surface area (TPSA) is 108 Å². The third-order valence-corrected chi connectivity index (χ3v) is 3.42. The predicted molar refractivity (Wildman–Crippen MR) is 94.2 cm³/mol. The zero-order chi connectivity index (χ0) is 19.1. The summed E-state index contributed by atoms with van der Waals surface area (Å²) in [5, 5.41) is 13.6. The first-order chi connectivity index (χ1) is 12.4. The Bertz CT molecular complexity index is 821. The second kappa shape index (κ2) is 8.61. The molecule has 2 aromatic carbocycles. The smallest absolute Gasteiger partial charge is 0.345 e. The van der Waals surface area contributed by atoms with Crippen LogP contribution in [-0.4, -0.2) is 29.5 Å². The van der Waals surface area contributed by atoms with Crippen LogP contribution < -0.4 is 10.1 Å². The van der Waals surface area contributed by atoms with Crippen molar-refractivity contribution < 1.29 is 24.0 Å². The first-order valence-corrected chi connectivity index (χ1v) is 7.91. The summed E-state index contributed by atoms with van der Waals surface area (Å²) in [5.74, 6) is -1.04. The van der Waals surface area contributed by atoms with Crippen molar-refractivity contribution in [2.75, 3.05) is 11.9 Å². The molecule has 8 nitrogen and oxygen atoms in total. The van der Waals surface area contributed by atoms with Gasteiger partial charge >= 0.3 is 5.97 Å². The molecule has 0 saturated carbocycles. The van der Waals surface area contributed by atoms with Gasteiger partial charge < -0.3 is 14.8 Å². The maximum atomic E-state index is 12.3. The molecule has 136 valence electrons. The number of amides is 1. The van der Waals surface area contributed by atoms with Crippen molar-refractivity contribution in [3.8, 4) is 5.75 Å². The van der Waals surface area contributed by atoms with E-state index in [1.165, 1.54) is 31.2 Å². The molecule has 2 rings (SSSR count). The minimum Gasteiger partial charge on any atom is -0.492 e. The van der Waals surface area contributed by atoms with Crippen LogP contribution in [0.3, 0.4) is 0 Å². The highest BCUT2D eigenvalue weighted by Crippen LogP contribution is 2.24. The number of ether oxygens (including phenoxy) is 2. The second-order valence-corrected chi connectivity index (χ2v) is 5.24. The van der Waals surface area contributed by atoms with E-state index in [9.17, 15) is 19.7 Å². The number of para-hydroxylation sites is 3.